The van der Waals surface area contributed by atoms with Gasteiger partial charge < -0.3 is 18.6 Å². The molecule has 9 heteroatoms. The molecule has 0 aliphatic carbocycles. The molecular formula is C19H25N5O4. The zero-order chi connectivity index (χ0) is 19.3. The average Bonchev–Trinajstić information content (AvgIpc) is 3.39. The van der Waals surface area contributed by atoms with Crippen molar-refractivity contribution in [2.24, 2.45) is 5.41 Å². The molecule has 150 valence electrons. The van der Waals surface area contributed by atoms with Gasteiger partial charge in [0.15, 0.2) is 5.69 Å². The number of amides is 1. The van der Waals surface area contributed by atoms with E-state index in [0.717, 1.165) is 58.0 Å². The van der Waals surface area contributed by atoms with E-state index in [1.165, 1.54) is 0 Å². The number of hydrogen-bond acceptors (Lipinski definition) is 8. The van der Waals surface area contributed by atoms with Gasteiger partial charge in [0.25, 0.3) is 5.91 Å². The van der Waals surface area contributed by atoms with E-state index in [2.05, 4.69) is 27.3 Å². The fourth-order valence-electron chi connectivity index (χ4n) is 4.80. The molecule has 3 aliphatic rings. The molecule has 0 N–H and O–H groups in total. The predicted molar refractivity (Wildman–Crippen MR) is 96.7 cm³/mol. The van der Waals surface area contributed by atoms with Crippen LogP contribution in [0, 0.1) is 12.3 Å². The van der Waals surface area contributed by atoms with E-state index < -0.39 is 0 Å². The van der Waals surface area contributed by atoms with Crippen LogP contribution in [0.5, 0.6) is 0 Å². The van der Waals surface area contributed by atoms with Crippen molar-refractivity contribution in [3.63, 3.8) is 0 Å². The second-order valence-corrected chi connectivity index (χ2v) is 8.48. The van der Waals surface area contributed by atoms with Crippen LogP contribution in [-0.2, 0) is 4.74 Å². The van der Waals surface area contributed by atoms with Crippen LogP contribution in [0.2, 0.25) is 0 Å². The van der Waals surface area contributed by atoms with Crippen molar-refractivity contribution < 1.29 is 18.5 Å². The smallest absolute Gasteiger partial charge is 0.276 e. The summed E-state index contributed by atoms with van der Waals surface area (Å²) in [6, 6.07) is 1.79. The SMILES string of the molecule is Cc1cc(C(=O)N2CC3(CC(c4nnc(C5CCOCC5)o4)N(C)C3)C2)no1. The predicted octanol–water partition coefficient (Wildman–Crippen LogP) is 1.78. The van der Waals surface area contributed by atoms with Crippen molar-refractivity contribution in [2.75, 3.05) is 39.9 Å². The summed E-state index contributed by atoms with van der Waals surface area (Å²) in [5.41, 5.74) is 0.467. The monoisotopic (exact) mass is 387 g/mol. The van der Waals surface area contributed by atoms with Crippen LogP contribution in [-0.4, -0.2) is 71.0 Å². The van der Waals surface area contributed by atoms with Gasteiger partial charge in [0.05, 0.1) is 6.04 Å². The second kappa shape index (κ2) is 6.66. The van der Waals surface area contributed by atoms with Crippen LogP contribution in [0.15, 0.2) is 15.0 Å². The first-order valence-electron chi connectivity index (χ1n) is 9.87. The number of carbonyl (C=O) groups excluding carboxylic acids is 1. The number of nitrogens with zero attached hydrogens (tertiary/aromatic N) is 5. The highest BCUT2D eigenvalue weighted by molar-refractivity contribution is 5.92. The van der Waals surface area contributed by atoms with Gasteiger partial charge in [0, 0.05) is 50.2 Å². The normalized spacial score (nSPS) is 25.4. The summed E-state index contributed by atoms with van der Waals surface area (Å²) in [5.74, 6) is 2.32. The lowest BCUT2D eigenvalue weighted by Crippen LogP contribution is -2.59. The Morgan fingerprint density at radius 2 is 1.93 bits per heavy atom. The Morgan fingerprint density at radius 3 is 2.64 bits per heavy atom. The van der Waals surface area contributed by atoms with Crippen LogP contribution in [0.3, 0.4) is 0 Å². The molecule has 1 atom stereocenters. The van der Waals surface area contributed by atoms with E-state index in [9.17, 15) is 4.79 Å². The molecule has 3 fully saturated rings. The molecule has 9 nitrogen and oxygen atoms in total. The number of aromatic nitrogens is 3. The van der Waals surface area contributed by atoms with Gasteiger partial charge in [0.2, 0.25) is 11.8 Å². The number of aryl methyl sites for hydroxylation is 1. The van der Waals surface area contributed by atoms with Crippen LogP contribution in [0.4, 0.5) is 0 Å². The van der Waals surface area contributed by atoms with Gasteiger partial charge in [-0.2, -0.15) is 0 Å². The highest BCUT2D eigenvalue weighted by Gasteiger charge is 2.53. The molecule has 5 rings (SSSR count). The standard InChI is InChI=1S/C19H25N5O4/c1-12-7-14(22-28-12)18(25)24-10-19(11-24)8-15(23(2)9-19)17-21-20-16(27-17)13-3-5-26-6-4-13/h7,13,15H,3-6,8-11H2,1-2H3. The Morgan fingerprint density at radius 1 is 1.18 bits per heavy atom. The summed E-state index contributed by atoms with van der Waals surface area (Å²) in [6.45, 7) is 5.65. The van der Waals surface area contributed by atoms with Crippen molar-refractivity contribution >= 4 is 5.91 Å². The highest BCUT2D eigenvalue weighted by Crippen LogP contribution is 2.48. The van der Waals surface area contributed by atoms with E-state index in [1.54, 1.807) is 13.0 Å². The Labute approximate surface area is 163 Å². The lowest BCUT2D eigenvalue weighted by molar-refractivity contribution is 0.0107. The van der Waals surface area contributed by atoms with Crippen molar-refractivity contribution in [3.05, 3.63) is 29.3 Å². The number of likely N-dealkylation sites (tertiary alicyclic amines) is 2. The lowest BCUT2D eigenvalue weighted by Gasteiger charge is -2.47. The number of carbonyl (C=O) groups is 1. The minimum absolute atomic E-state index is 0.0619. The summed E-state index contributed by atoms with van der Waals surface area (Å²) >= 11 is 0. The maximum atomic E-state index is 12.5. The summed E-state index contributed by atoms with van der Waals surface area (Å²) in [4.78, 5) is 16.6. The first-order chi connectivity index (χ1) is 13.5. The van der Waals surface area contributed by atoms with E-state index in [4.69, 9.17) is 13.7 Å². The molecule has 28 heavy (non-hydrogen) atoms. The first kappa shape index (κ1) is 17.8. The minimum Gasteiger partial charge on any atom is -0.423 e. The molecule has 1 spiro atoms. The molecule has 5 heterocycles. The maximum Gasteiger partial charge on any atom is 0.276 e. The second-order valence-electron chi connectivity index (χ2n) is 8.48. The maximum absolute atomic E-state index is 12.5. The van der Waals surface area contributed by atoms with Crippen molar-refractivity contribution in [2.45, 2.75) is 38.1 Å². The zero-order valence-corrected chi connectivity index (χ0v) is 16.3. The van der Waals surface area contributed by atoms with E-state index >= 15 is 0 Å². The minimum atomic E-state index is -0.0619. The van der Waals surface area contributed by atoms with Gasteiger partial charge >= 0.3 is 0 Å². The molecular weight excluding hydrogens is 362 g/mol. The summed E-state index contributed by atoms with van der Waals surface area (Å²) in [7, 11) is 2.09. The zero-order valence-electron chi connectivity index (χ0n) is 16.3. The largest absolute Gasteiger partial charge is 0.423 e. The fraction of sp³-hybridized carbons (Fsp3) is 0.684. The Balaban J connectivity index is 1.24. The Hall–Kier alpha value is -2.26. The fourth-order valence-corrected chi connectivity index (χ4v) is 4.80. The molecule has 0 bridgehead atoms. The molecule has 2 aromatic rings. The van der Waals surface area contributed by atoms with Crippen molar-refractivity contribution in [3.8, 4) is 0 Å². The molecule has 2 aromatic heterocycles. The third-order valence-corrected chi connectivity index (χ3v) is 6.24. The lowest BCUT2D eigenvalue weighted by atomic mass is 9.77. The molecule has 3 aliphatic heterocycles. The number of rotatable bonds is 3. The Bertz CT molecular complexity index is 865. The molecule has 0 saturated carbocycles. The van der Waals surface area contributed by atoms with E-state index in [0.29, 0.717) is 23.3 Å². The van der Waals surface area contributed by atoms with Crippen LogP contribution in [0.1, 0.15) is 59.3 Å². The third kappa shape index (κ3) is 3.02. The van der Waals surface area contributed by atoms with Crippen LogP contribution < -0.4 is 0 Å². The molecule has 1 unspecified atom stereocenters. The van der Waals surface area contributed by atoms with Crippen molar-refractivity contribution in [1.82, 2.24) is 25.2 Å². The van der Waals surface area contributed by atoms with Crippen molar-refractivity contribution in [1.29, 1.82) is 0 Å². The van der Waals surface area contributed by atoms with Gasteiger partial charge in [-0.25, -0.2) is 0 Å². The van der Waals surface area contributed by atoms with Gasteiger partial charge in [-0.15, -0.1) is 10.2 Å². The van der Waals surface area contributed by atoms with Crippen LogP contribution in [0.25, 0.3) is 0 Å². The summed E-state index contributed by atoms with van der Waals surface area (Å²) in [6.07, 6.45) is 2.79. The van der Waals surface area contributed by atoms with Crippen LogP contribution >= 0.6 is 0 Å². The molecule has 3 saturated heterocycles. The molecule has 0 aromatic carbocycles. The quantitative estimate of drug-likeness (QED) is 0.786. The van der Waals surface area contributed by atoms with Gasteiger partial charge in [-0.1, -0.05) is 5.16 Å². The number of hydrogen-bond donors (Lipinski definition) is 0. The summed E-state index contributed by atoms with van der Waals surface area (Å²) < 4.78 is 16.5. The molecule has 1 amide bonds. The highest BCUT2D eigenvalue weighted by atomic mass is 16.5. The molecule has 0 radical (unpaired) electrons. The van der Waals surface area contributed by atoms with Gasteiger partial charge in [-0.3, -0.25) is 9.69 Å². The topological polar surface area (TPSA) is 97.7 Å². The van der Waals surface area contributed by atoms with E-state index in [1.807, 2.05) is 4.90 Å². The average molecular weight is 387 g/mol. The van der Waals surface area contributed by atoms with Gasteiger partial charge in [-0.05, 0) is 33.2 Å². The van der Waals surface area contributed by atoms with Gasteiger partial charge in [0.1, 0.15) is 5.76 Å². The summed E-state index contributed by atoms with van der Waals surface area (Å²) in [5, 5.41) is 12.5. The number of ether oxygens (including phenoxy) is 1. The third-order valence-electron chi connectivity index (χ3n) is 6.24. The van der Waals surface area contributed by atoms with E-state index in [-0.39, 0.29) is 17.4 Å². The Kier molecular flexibility index (Phi) is 4.24. The first-order valence-corrected chi connectivity index (χ1v) is 9.87.